The fraction of sp³-hybridized carbons (Fsp3) is 0.231. The maximum Gasteiger partial charge on any atom is 0.170 e. The molecule has 3 nitrogen and oxygen atoms in total. The summed E-state index contributed by atoms with van der Waals surface area (Å²) >= 11 is 4.96. The zero-order valence-corrected chi connectivity index (χ0v) is 12.0. The van der Waals surface area contributed by atoms with E-state index in [0.29, 0.717) is 17.7 Å². The highest BCUT2D eigenvalue weighted by molar-refractivity contribution is 9.10. The largest absolute Gasteiger partial charge is 0.483 e. The Hall–Kier alpha value is -1.20. The van der Waals surface area contributed by atoms with E-state index in [1.54, 1.807) is 17.4 Å². The summed E-state index contributed by atoms with van der Waals surface area (Å²) < 4.78 is 6.78. The molecule has 1 aromatic heterocycles. The highest BCUT2D eigenvalue weighted by Crippen LogP contribution is 2.36. The van der Waals surface area contributed by atoms with Crippen LogP contribution in [0.1, 0.15) is 33.6 Å². The lowest BCUT2D eigenvalue weighted by molar-refractivity contribution is 0.0845. The molecule has 3 rings (SSSR count). The number of aromatic nitrogens is 1. The van der Waals surface area contributed by atoms with Gasteiger partial charge in [-0.05, 0) is 25.1 Å². The van der Waals surface area contributed by atoms with Gasteiger partial charge in [0.25, 0.3) is 0 Å². The van der Waals surface area contributed by atoms with E-state index < -0.39 is 0 Å². The third kappa shape index (κ3) is 2.08. The smallest absolute Gasteiger partial charge is 0.170 e. The fourth-order valence-electron chi connectivity index (χ4n) is 1.99. The number of aryl methyl sites for hydroxylation is 1. The molecule has 2 heterocycles. The Balaban J connectivity index is 1.98. The number of rotatable bonds is 1. The van der Waals surface area contributed by atoms with Crippen molar-refractivity contribution in [1.82, 2.24) is 4.98 Å². The molecule has 0 bridgehead atoms. The van der Waals surface area contributed by atoms with E-state index in [-0.39, 0.29) is 11.9 Å². The summed E-state index contributed by atoms with van der Waals surface area (Å²) in [6.45, 7) is 1.95. The number of Topliss-reactive ketones (excluding diaryl/α,β-unsaturated/α-hetero) is 1. The molecule has 0 spiro atoms. The number of ketones is 1. The van der Waals surface area contributed by atoms with Crippen LogP contribution in [0.15, 0.2) is 28.1 Å². The summed E-state index contributed by atoms with van der Waals surface area (Å²) in [4.78, 5) is 16.5. The molecular weight excluding hydrogens is 314 g/mol. The molecular formula is C13H10BrNO2S. The van der Waals surface area contributed by atoms with Crippen molar-refractivity contribution >= 4 is 33.0 Å². The van der Waals surface area contributed by atoms with Gasteiger partial charge in [0.2, 0.25) is 0 Å². The number of hydrogen-bond acceptors (Lipinski definition) is 4. The van der Waals surface area contributed by atoms with E-state index in [0.717, 1.165) is 15.2 Å². The molecule has 0 saturated carbocycles. The summed E-state index contributed by atoms with van der Waals surface area (Å²) in [6, 6.07) is 5.48. The Kier molecular flexibility index (Phi) is 2.95. The average molecular weight is 324 g/mol. The van der Waals surface area contributed by atoms with Crippen molar-refractivity contribution in [3.05, 3.63) is 44.3 Å². The van der Waals surface area contributed by atoms with Crippen LogP contribution in [0.4, 0.5) is 0 Å². The first kappa shape index (κ1) is 11.9. The van der Waals surface area contributed by atoms with Crippen molar-refractivity contribution in [3.63, 3.8) is 0 Å². The average Bonchev–Trinajstić information content (AvgIpc) is 2.75. The van der Waals surface area contributed by atoms with E-state index in [4.69, 9.17) is 4.74 Å². The maximum absolute atomic E-state index is 12.1. The highest BCUT2D eigenvalue weighted by Gasteiger charge is 2.29. The maximum atomic E-state index is 12.1. The van der Waals surface area contributed by atoms with Crippen LogP contribution in [0, 0.1) is 6.92 Å². The Bertz CT molecular complexity index is 623. The molecule has 1 aliphatic heterocycles. The topological polar surface area (TPSA) is 39.2 Å². The number of carbonyl (C=O) groups excluding carboxylic acids is 1. The minimum absolute atomic E-state index is 0.111. The monoisotopic (exact) mass is 323 g/mol. The van der Waals surface area contributed by atoms with Crippen LogP contribution in [0.25, 0.3) is 0 Å². The first-order chi connectivity index (χ1) is 8.63. The second-order valence-electron chi connectivity index (χ2n) is 4.17. The van der Waals surface area contributed by atoms with Crippen molar-refractivity contribution in [2.24, 2.45) is 0 Å². The Morgan fingerprint density at radius 3 is 3.06 bits per heavy atom. The fourth-order valence-corrected chi connectivity index (χ4v) is 2.98. The number of benzene rings is 1. The molecule has 0 aliphatic carbocycles. The molecule has 1 unspecified atom stereocenters. The lowest BCUT2D eigenvalue weighted by Crippen LogP contribution is -2.20. The molecule has 0 fully saturated rings. The normalized spacial score (nSPS) is 18.3. The molecule has 2 aromatic rings. The standard InChI is InChI=1S/C13H10BrNO2S/c1-7-15-10(6-18-7)13-5-11(16)9-3-2-8(14)4-12(9)17-13/h2-4,6,13H,5H2,1H3. The number of halogens is 1. The number of ether oxygens (including phenoxy) is 1. The van der Waals surface area contributed by atoms with Gasteiger partial charge in [-0.3, -0.25) is 4.79 Å². The molecule has 18 heavy (non-hydrogen) atoms. The van der Waals surface area contributed by atoms with Gasteiger partial charge in [0.1, 0.15) is 11.9 Å². The SMILES string of the molecule is Cc1nc(C2CC(=O)c3ccc(Br)cc3O2)cs1. The Labute approximate surface area is 117 Å². The molecule has 1 aliphatic rings. The number of hydrogen-bond donors (Lipinski definition) is 0. The number of nitrogens with zero attached hydrogens (tertiary/aromatic N) is 1. The number of carbonyl (C=O) groups is 1. The van der Waals surface area contributed by atoms with Crippen LogP contribution in [-0.2, 0) is 0 Å². The molecule has 5 heteroatoms. The molecule has 0 amide bonds. The number of thiazole rings is 1. The zero-order valence-electron chi connectivity index (χ0n) is 9.64. The quantitative estimate of drug-likeness (QED) is 0.798. The predicted octanol–water partition coefficient (Wildman–Crippen LogP) is 3.92. The van der Waals surface area contributed by atoms with Crippen molar-refractivity contribution in [2.45, 2.75) is 19.4 Å². The summed E-state index contributed by atoms with van der Waals surface area (Å²) in [5, 5.41) is 2.94. The number of fused-ring (bicyclic) bond motifs is 1. The van der Waals surface area contributed by atoms with E-state index in [1.807, 2.05) is 24.4 Å². The van der Waals surface area contributed by atoms with Crippen molar-refractivity contribution in [3.8, 4) is 5.75 Å². The van der Waals surface area contributed by atoms with Crippen LogP contribution >= 0.6 is 27.3 Å². The molecule has 0 saturated heterocycles. The van der Waals surface area contributed by atoms with E-state index in [9.17, 15) is 4.79 Å². The third-order valence-corrected chi connectivity index (χ3v) is 4.14. The zero-order chi connectivity index (χ0) is 12.7. The molecule has 1 aromatic carbocycles. The van der Waals surface area contributed by atoms with Crippen molar-refractivity contribution in [1.29, 1.82) is 0 Å². The molecule has 92 valence electrons. The van der Waals surface area contributed by atoms with Crippen molar-refractivity contribution < 1.29 is 9.53 Å². The minimum atomic E-state index is -0.260. The summed E-state index contributed by atoms with van der Waals surface area (Å²) in [5.74, 6) is 0.746. The first-order valence-electron chi connectivity index (χ1n) is 5.55. The summed E-state index contributed by atoms with van der Waals surface area (Å²) in [5.41, 5.74) is 1.50. The van der Waals surface area contributed by atoms with Gasteiger partial charge >= 0.3 is 0 Å². The van der Waals surface area contributed by atoms with Gasteiger partial charge < -0.3 is 4.74 Å². The van der Waals surface area contributed by atoms with Crippen LogP contribution in [-0.4, -0.2) is 10.8 Å². The molecule has 0 N–H and O–H groups in total. The second kappa shape index (κ2) is 4.48. The van der Waals surface area contributed by atoms with Crippen LogP contribution in [0.3, 0.4) is 0 Å². The van der Waals surface area contributed by atoms with E-state index in [2.05, 4.69) is 20.9 Å². The first-order valence-corrected chi connectivity index (χ1v) is 7.22. The van der Waals surface area contributed by atoms with E-state index >= 15 is 0 Å². The summed E-state index contributed by atoms with van der Waals surface area (Å²) in [6.07, 6.45) is 0.0990. The van der Waals surface area contributed by atoms with Gasteiger partial charge in [-0.25, -0.2) is 4.98 Å². The lowest BCUT2D eigenvalue weighted by Gasteiger charge is -2.24. The van der Waals surface area contributed by atoms with Crippen molar-refractivity contribution in [2.75, 3.05) is 0 Å². The van der Waals surface area contributed by atoms with Crippen LogP contribution < -0.4 is 4.74 Å². The predicted molar refractivity (Wildman–Crippen MR) is 73.3 cm³/mol. The Morgan fingerprint density at radius 1 is 1.50 bits per heavy atom. The van der Waals surface area contributed by atoms with Gasteiger partial charge in [0.05, 0.1) is 22.7 Å². The van der Waals surface area contributed by atoms with Crippen LogP contribution in [0.2, 0.25) is 0 Å². The van der Waals surface area contributed by atoms with E-state index in [1.165, 1.54) is 0 Å². The lowest BCUT2D eigenvalue weighted by atomic mass is 9.99. The molecule has 1 atom stereocenters. The van der Waals surface area contributed by atoms with Crippen LogP contribution in [0.5, 0.6) is 5.75 Å². The second-order valence-corrected chi connectivity index (χ2v) is 6.14. The molecule has 0 radical (unpaired) electrons. The van der Waals surface area contributed by atoms with Gasteiger partial charge in [-0.2, -0.15) is 0 Å². The van der Waals surface area contributed by atoms with Gasteiger partial charge in [-0.1, -0.05) is 15.9 Å². The minimum Gasteiger partial charge on any atom is -0.483 e. The van der Waals surface area contributed by atoms with Gasteiger partial charge in [0, 0.05) is 9.85 Å². The van der Waals surface area contributed by atoms with Gasteiger partial charge in [0.15, 0.2) is 5.78 Å². The summed E-state index contributed by atoms with van der Waals surface area (Å²) in [7, 11) is 0. The Morgan fingerprint density at radius 2 is 2.33 bits per heavy atom. The van der Waals surface area contributed by atoms with Gasteiger partial charge in [-0.15, -0.1) is 11.3 Å². The highest BCUT2D eigenvalue weighted by atomic mass is 79.9. The third-order valence-electron chi connectivity index (χ3n) is 2.85.